The number of benzene rings is 7. The van der Waals surface area contributed by atoms with Gasteiger partial charge in [-0.05, 0) is 64.7 Å². The molecule has 11 rings (SSSR count). The van der Waals surface area contributed by atoms with Crippen LogP contribution in [0.25, 0.3) is 89.2 Å². The van der Waals surface area contributed by atoms with Crippen LogP contribution < -0.4 is 0 Å². The molecule has 3 aromatic heterocycles. The minimum absolute atomic E-state index is 0.157. The van der Waals surface area contributed by atoms with Crippen LogP contribution in [0.4, 0.5) is 0 Å². The van der Waals surface area contributed by atoms with E-state index in [0.717, 1.165) is 66.0 Å². The van der Waals surface area contributed by atoms with E-state index in [9.17, 15) is 25.5 Å². The lowest BCUT2D eigenvalue weighted by Gasteiger charge is -2.21. The van der Waals surface area contributed by atoms with Crippen molar-refractivity contribution >= 4 is 43.6 Å². The Morgan fingerprint density at radius 3 is 1.66 bits per heavy atom. The number of hydrogen-bond donors (Lipinski definition) is 5. The Labute approximate surface area is 330 Å². The Morgan fingerprint density at radius 1 is 0.431 bits per heavy atom. The number of nitrogens with zero attached hydrogens (tertiary/aromatic N) is 5. The first kappa shape index (κ1) is 33.5. The Bertz CT molecular complexity index is 3360. The normalized spacial score (nSPS) is 13.1. The molecule has 10 heteroatoms. The molecule has 0 radical (unpaired) electrons. The number of aromatic hydroxyl groups is 5. The van der Waals surface area contributed by atoms with Gasteiger partial charge in [0.25, 0.3) is 0 Å². The highest BCUT2D eigenvalue weighted by molar-refractivity contribution is 6.19. The smallest absolute Gasteiger partial charge is 0.238 e. The third-order valence-electron chi connectivity index (χ3n) is 11.7. The van der Waals surface area contributed by atoms with Gasteiger partial charge in [0.2, 0.25) is 23.2 Å². The average molecular weight is 760 g/mol. The van der Waals surface area contributed by atoms with E-state index in [1.54, 1.807) is 0 Å². The summed E-state index contributed by atoms with van der Waals surface area (Å²) in [5.74, 6) is -4.81. The number of aromatic nitrogens is 5. The zero-order chi connectivity index (χ0) is 39.6. The van der Waals surface area contributed by atoms with Gasteiger partial charge < -0.3 is 30.1 Å². The monoisotopic (exact) mass is 759 g/mol. The van der Waals surface area contributed by atoms with E-state index in [1.807, 2.05) is 83.4 Å². The van der Waals surface area contributed by atoms with Gasteiger partial charge in [0.05, 0.1) is 22.1 Å². The van der Waals surface area contributed by atoms with Gasteiger partial charge in [0.15, 0.2) is 23.1 Å². The molecule has 10 nitrogen and oxygen atoms in total. The molecular weight excluding hydrogens is 727 g/mol. The van der Waals surface area contributed by atoms with Crippen LogP contribution in [-0.4, -0.2) is 49.6 Å². The minimum atomic E-state index is -1.07. The lowest BCUT2D eigenvalue weighted by Crippen LogP contribution is -2.14. The molecule has 0 spiro atoms. The van der Waals surface area contributed by atoms with Crippen molar-refractivity contribution < 1.29 is 25.5 Å². The van der Waals surface area contributed by atoms with Crippen molar-refractivity contribution in [2.24, 2.45) is 0 Å². The van der Waals surface area contributed by atoms with E-state index < -0.39 is 34.3 Å². The number of phenolic OH excluding ortho intramolecular Hbond substituents is 5. The van der Waals surface area contributed by atoms with E-state index in [1.165, 1.54) is 5.56 Å². The van der Waals surface area contributed by atoms with Crippen molar-refractivity contribution in [2.75, 3.05) is 0 Å². The largest absolute Gasteiger partial charge is 0.504 e. The van der Waals surface area contributed by atoms with Crippen LogP contribution in [-0.2, 0) is 5.41 Å². The predicted octanol–water partition coefficient (Wildman–Crippen LogP) is 10.2. The topological polar surface area (TPSA) is 150 Å². The van der Waals surface area contributed by atoms with Gasteiger partial charge >= 0.3 is 0 Å². The molecule has 5 N–H and O–H groups in total. The summed E-state index contributed by atoms with van der Waals surface area (Å²) in [5, 5.41) is 57.9. The van der Waals surface area contributed by atoms with Crippen LogP contribution in [0.2, 0.25) is 0 Å². The Kier molecular flexibility index (Phi) is 6.83. The molecule has 0 unspecified atom stereocenters. The maximum Gasteiger partial charge on any atom is 0.238 e. The minimum Gasteiger partial charge on any atom is -0.504 e. The molecule has 0 bridgehead atoms. The average Bonchev–Trinajstić information content (AvgIpc) is 3.84. The predicted molar refractivity (Wildman–Crippen MR) is 225 cm³/mol. The first-order valence-electron chi connectivity index (χ1n) is 18.8. The van der Waals surface area contributed by atoms with Crippen molar-refractivity contribution in [3.8, 4) is 74.3 Å². The molecule has 10 aromatic rings. The molecular formula is C48H33N5O5. The quantitative estimate of drug-likeness (QED) is 0.0879. The fraction of sp³-hybridized carbons (Fsp3) is 0.0625. The summed E-state index contributed by atoms with van der Waals surface area (Å²) in [7, 11) is 0. The van der Waals surface area contributed by atoms with Gasteiger partial charge in [-0.25, -0.2) is 4.98 Å². The highest BCUT2D eigenvalue weighted by Gasteiger charge is 2.36. The fourth-order valence-electron chi connectivity index (χ4n) is 8.96. The summed E-state index contributed by atoms with van der Waals surface area (Å²) in [5.41, 5.74) is 9.09. The maximum atomic E-state index is 11.2. The molecule has 280 valence electrons. The first-order valence-corrected chi connectivity index (χ1v) is 18.8. The van der Waals surface area contributed by atoms with Gasteiger partial charge in [-0.15, -0.1) is 0 Å². The van der Waals surface area contributed by atoms with Crippen LogP contribution in [0, 0.1) is 0 Å². The molecule has 0 amide bonds. The Morgan fingerprint density at radius 2 is 0.966 bits per heavy atom. The van der Waals surface area contributed by atoms with Crippen LogP contribution in [0.5, 0.6) is 28.7 Å². The van der Waals surface area contributed by atoms with E-state index >= 15 is 0 Å². The van der Waals surface area contributed by atoms with Crippen LogP contribution >= 0.6 is 0 Å². The van der Waals surface area contributed by atoms with Gasteiger partial charge in [-0.1, -0.05) is 105 Å². The third kappa shape index (κ3) is 4.50. The number of para-hydroxylation sites is 3. The fourth-order valence-corrected chi connectivity index (χ4v) is 8.96. The van der Waals surface area contributed by atoms with Crippen LogP contribution in [0.1, 0.15) is 25.0 Å². The van der Waals surface area contributed by atoms with Crippen LogP contribution in [0.3, 0.4) is 0 Å². The molecule has 0 aliphatic heterocycles. The van der Waals surface area contributed by atoms with Gasteiger partial charge in [-0.3, -0.25) is 4.57 Å². The van der Waals surface area contributed by atoms with Crippen molar-refractivity contribution in [2.45, 2.75) is 19.3 Å². The van der Waals surface area contributed by atoms with Gasteiger partial charge in [-0.2, -0.15) is 9.97 Å². The number of hydrogen-bond acceptors (Lipinski definition) is 8. The van der Waals surface area contributed by atoms with Gasteiger partial charge in [0.1, 0.15) is 5.56 Å². The summed E-state index contributed by atoms with van der Waals surface area (Å²) < 4.78 is 4.19. The lowest BCUT2D eigenvalue weighted by molar-refractivity contribution is 0.329. The van der Waals surface area contributed by atoms with Crippen molar-refractivity contribution in [1.82, 2.24) is 24.1 Å². The summed E-state index contributed by atoms with van der Waals surface area (Å²) in [6.07, 6.45) is 0. The second-order valence-electron chi connectivity index (χ2n) is 15.3. The molecule has 0 saturated carbocycles. The molecule has 0 fully saturated rings. The molecule has 1 aliphatic rings. The second kappa shape index (κ2) is 11.8. The van der Waals surface area contributed by atoms with E-state index in [-0.39, 0.29) is 23.0 Å². The number of fused-ring (bicyclic) bond motifs is 9. The second-order valence-corrected chi connectivity index (χ2v) is 15.3. The van der Waals surface area contributed by atoms with E-state index in [0.29, 0.717) is 5.56 Å². The Hall–Kier alpha value is -7.85. The molecule has 3 heterocycles. The SMILES string of the molecule is CC1(C)c2ccccc2-c2cc(-c3nc(-c4c(O)c(O)c(O)c(O)c4O)nc(-n4c5ccccc5c5cc6c(cc54)c4ccccc4n6-c4ccccc4)n3)ccc21. The van der Waals surface area contributed by atoms with Gasteiger partial charge in [0, 0.05) is 38.2 Å². The third-order valence-corrected chi connectivity index (χ3v) is 11.7. The molecule has 0 atom stereocenters. The summed E-state index contributed by atoms with van der Waals surface area (Å²) in [6.45, 7) is 4.39. The lowest BCUT2D eigenvalue weighted by atomic mass is 9.82. The maximum absolute atomic E-state index is 11.2. The molecule has 1 aliphatic carbocycles. The van der Waals surface area contributed by atoms with Crippen LogP contribution in [0.15, 0.2) is 133 Å². The first-order chi connectivity index (χ1) is 28.1. The highest BCUT2D eigenvalue weighted by atomic mass is 16.4. The standard InChI is InChI=1S/C48H33N5O5/c1-48(2)33-17-9-6-14-27(33)30-22-25(20-21-34(30)48)45-49-46(39-40(54)42(56)44(58)43(57)41(39)55)51-47(50-45)53-36-19-11-8-16-29(36)32-23-37-31(24-38(32)53)28-15-7-10-18-35(28)52(37)26-12-4-3-5-13-26/h3-24,54-58H,1-2H3. The van der Waals surface area contributed by atoms with E-state index in [2.05, 4.69) is 73.0 Å². The summed E-state index contributed by atoms with van der Waals surface area (Å²) in [4.78, 5) is 14.7. The number of rotatable bonds is 4. The molecule has 7 aromatic carbocycles. The summed E-state index contributed by atoms with van der Waals surface area (Å²) in [6, 6.07) is 45.1. The Balaban J connectivity index is 1.23. The highest BCUT2D eigenvalue weighted by Crippen LogP contribution is 2.55. The molecule has 0 saturated heterocycles. The zero-order valence-corrected chi connectivity index (χ0v) is 31.2. The van der Waals surface area contributed by atoms with Crippen molar-refractivity contribution in [3.63, 3.8) is 0 Å². The zero-order valence-electron chi connectivity index (χ0n) is 31.2. The molecule has 58 heavy (non-hydrogen) atoms. The number of phenols is 5. The van der Waals surface area contributed by atoms with Crippen molar-refractivity contribution in [1.29, 1.82) is 0 Å². The van der Waals surface area contributed by atoms with E-state index in [4.69, 9.17) is 15.0 Å². The van der Waals surface area contributed by atoms with Crippen molar-refractivity contribution in [3.05, 3.63) is 145 Å². The summed E-state index contributed by atoms with van der Waals surface area (Å²) >= 11 is 0.